The molecule has 0 atom stereocenters. The van der Waals surface area contributed by atoms with Gasteiger partial charge in [0.2, 0.25) is 0 Å². The zero-order valence-corrected chi connectivity index (χ0v) is 11.6. The molecular formula is C15H12FN3S. The van der Waals surface area contributed by atoms with E-state index in [4.69, 9.17) is 12.2 Å². The molecule has 0 spiro atoms. The first-order chi connectivity index (χ1) is 9.66. The molecule has 5 heteroatoms. The first-order valence-corrected chi connectivity index (χ1v) is 6.57. The highest BCUT2D eigenvalue weighted by Gasteiger charge is 2.11. The lowest BCUT2D eigenvalue weighted by Crippen LogP contribution is -1.98. The zero-order valence-electron chi connectivity index (χ0n) is 10.8. The van der Waals surface area contributed by atoms with E-state index in [0.29, 0.717) is 16.2 Å². The van der Waals surface area contributed by atoms with Gasteiger partial charge in [0.25, 0.3) is 0 Å². The summed E-state index contributed by atoms with van der Waals surface area (Å²) in [6.07, 6.45) is 0. The van der Waals surface area contributed by atoms with Gasteiger partial charge in [-0.25, -0.2) is 4.39 Å². The topological polar surface area (TPSA) is 33.6 Å². The number of benzene rings is 2. The Balaban J connectivity index is 2.21. The molecular weight excluding hydrogens is 273 g/mol. The third-order valence-electron chi connectivity index (χ3n) is 3.10. The highest BCUT2D eigenvalue weighted by Crippen LogP contribution is 2.23. The van der Waals surface area contributed by atoms with Crippen LogP contribution >= 0.6 is 12.2 Å². The summed E-state index contributed by atoms with van der Waals surface area (Å²) in [5.41, 5.74) is 2.32. The van der Waals surface area contributed by atoms with Crippen LogP contribution in [0.4, 0.5) is 4.39 Å². The maximum Gasteiger partial charge on any atom is 0.200 e. The molecule has 0 radical (unpaired) electrons. The van der Waals surface area contributed by atoms with E-state index < -0.39 is 0 Å². The van der Waals surface area contributed by atoms with Crippen molar-refractivity contribution in [3.63, 3.8) is 0 Å². The molecule has 0 unspecified atom stereocenters. The fourth-order valence-electron chi connectivity index (χ4n) is 2.09. The Hall–Kier alpha value is -2.27. The van der Waals surface area contributed by atoms with Crippen molar-refractivity contribution in [2.75, 3.05) is 0 Å². The van der Waals surface area contributed by atoms with E-state index in [1.165, 1.54) is 6.07 Å². The van der Waals surface area contributed by atoms with Crippen LogP contribution in [-0.2, 0) is 0 Å². The van der Waals surface area contributed by atoms with Crippen molar-refractivity contribution in [2.24, 2.45) is 0 Å². The lowest BCUT2D eigenvalue weighted by atomic mass is 10.1. The van der Waals surface area contributed by atoms with Crippen LogP contribution in [0.15, 0.2) is 48.5 Å². The molecule has 1 N–H and O–H groups in total. The SMILES string of the molecule is Cc1cc(-c2n[nH]c(=S)n2-c2ccccc2)ccc1F. The molecule has 2 aromatic carbocycles. The van der Waals surface area contributed by atoms with Gasteiger partial charge in [0.15, 0.2) is 10.6 Å². The molecule has 3 rings (SSSR count). The van der Waals surface area contributed by atoms with E-state index in [-0.39, 0.29) is 5.82 Å². The van der Waals surface area contributed by atoms with Crippen molar-refractivity contribution >= 4 is 12.2 Å². The molecule has 100 valence electrons. The Bertz CT molecular complexity index is 805. The predicted molar refractivity (Wildman–Crippen MR) is 78.9 cm³/mol. The normalized spacial score (nSPS) is 10.7. The van der Waals surface area contributed by atoms with Gasteiger partial charge in [-0.15, -0.1) is 0 Å². The molecule has 0 saturated carbocycles. The van der Waals surface area contributed by atoms with Gasteiger partial charge in [-0.3, -0.25) is 9.67 Å². The monoisotopic (exact) mass is 285 g/mol. The second-order valence-corrected chi connectivity index (χ2v) is 4.87. The van der Waals surface area contributed by atoms with Crippen molar-refractivity contribution in [1.29, 1.82) is 0 Å². The number of aryl methyl sites for hydroxylation is 1. The minimum absolute atomic E-state index is 0.228. The van der Waals surface area contributed by atoms with Crippen molar-refractivity contribution < 1.29 is 4.39 Å². The lowest BCUT2D eigenvalue weighted by molar-refractivity contribution is 0.618. The quantitative estimate of drug-likeness (QED) is 0.721. The number of nitrogens with one attached hydrogen (secondary N) is 1. The van der Waals surface area contributed by atoms with Crippen LogP contribution in [-0.4, -0.2) is 14.8 Å². The Morgan fingerprint density at radius 2 is 1.90 bits per heavy atom. The number of para-hydroxylation sites is 1. The number of aromatic amines is 1. The minimum Gasteiger partial charge on any atom is -0.268 e. The molecule has 1 heterocycles. The summed E-state index contributed by atoms with van der Waals surface area (Å²) in [7, 11) is 0. The molecule has 0 aliphatic carbocycles. The number of nitrogens with zero attached hydrogens (tertiary/aromatic N) is 2. The fraction of sp³-hybridized carbons (Fsp3) is 0.0667. The van der Waals surface area contributed by atoms with Crippen LogP contribution in [0.1, 0.15) is 5.56 Å². The lowest BCUT2D eigenvalue weighted by Gasteiger charge is -2.07. The highest BCUT2D eigenvalue weighted by atomic mass is 32.1. The van der Waals surface area contributed by atoms with Crippen molar-refractivity contribution in [2.45, 2.75) is 6.92 Å². The summed E-state index contributed by atoms with van der Waals surface area (Å²) < 4.78 is 15.7. The average Bonchev–Trinajstić information content (AvgIpc) is 2.85. The van der Waals surface area contributed by atoms with Crippen LogP contribution < -0.4 is 0 Å². The molecule has 3 nitrogen and oxygen atoms in total. The Morgan fingerprint density at radius 1 is 1.15 bits per heavy atom. The Labute approximate surface area is 120 Å². The largest absolute Gasteiger partial charge is 0.268 e. The summed E-state index contributed by atoms with van der Waals surface area (Å²) in [5.74, 6) is 0.443. The second-order valence-electron chi connectivity index (χ2n) is 4.49. The molecule has 20 heavy (non-hydrogen) atoms. The third kappa shape index (κ3) is 2.16. The maximum atomic E-state index is 13.4. The summed E-state index contributed by atoms with van der Waals surface area (Å²) in [4.78, 5) is 0. The van der Waals surface area contributed by atoms with Gasteiger partial charge in [-0.05, 0) is 55.0 Å². The van der Waals surface area contributed by atoms with Crippen LogP contribution in [0.2, 0.25) is 0 Å². The van der Waals surface area contributed by atoms with E-state index in [1.54, 1.807) is 19.1 Å². The van der Waals surface area contributed by atoms with Gasteiger partial charge in [0.1, 0.15) is 5.82 Å². The number of rotatable bonds is 2. The fourth-order valence-corrected chi connectivity index (χ4v) is 2.33. The van der Waals surface area contributed by atoms with Crippen LogP contribution in [0.25, 0.3) is 17.1 Å². The molecule has 0 amide bonds. The number of halogens is 1. The number of hydrogen-bond donors (Lipinski definition) is 1. The first-order valence-electron chi connectivity index (χ1n) is 6.16. The highest BCUT2D eigenvalue weighted by molar-refractivity contribution is 7.71. The Kier molecular flexibility index (Phi) is 3.20. The standard InChI is InChI=1S/C15H12FN3S/c1-10-9-11(7-8-13(10)16)14-17-18-15(20)19(14)12-5-3-2-4-6-12/h2-9H,1H3,(H,18,20). The summed E-state index contributed by atoms with van der Waals surface area (Å²) in [5, 5.41) is 7.05. The van der Waals surface area contributed by atoms with Gasteiger partial charge < -0.3 is 0 Å². The van der Waals surface area contributed by atoms with Crippen LogP contribution in [0.3, 0.4) is 0 Å². The second kappa shape index (κ2) is 5.02. The molecule has 3 aromatic rings. The van der Waals surface area contributed by atoms with Gasteiger partial charge in [-0.1, -0.05) is 18.2 Å². The van der Waals surface area contributed by atoms with E-state index in [0.717, 1.165) is 11.3 Å². The number of aromatic nitrogens is 3. The van der Waals surface area contributed by atoms with Crippen molar-refractivity contribution in [3.8, 4) is 17.1 Å². The van der Waals surface area contributed by atoms with Gasteiger partial charge >= 0.3 is 0 Å². The van der Waals surface area contributed by atoms with E-state index in [9.17, 15) is 4.39 Å². The van der Waals surface area contributed by atoms with E-state index >= 15 is 0 Å². The van der Waals surface area contributed by atoms with Gasteiger partial charge in [0.05, 0.1) is 0 Å². The van der Waals surface area contributed by atoms with Crippen LogP contribution in [0.5, 0.6) is 0 Å². The first kappa shape index (κ1) is 12.7. The van der Waals surface area contributed by atoms with E-state index in [2.05, 4.69) is 10.2 Å². The van der Waals surface area contributed by atoms with E-state index in [1.807, 2.05) is 34.9 Å². The molecule has 0 aliphatic rings. The molecule has 0 bridgehead atoms. The minimum atomic E-state index is -0.228. The molecule has 0 aliphatic heterocycles. The summed E-state index contributed by atoms with van der Waals surface area (Å²) in [6, 6.07) is 14.6. The number of hydrogen-bond acceptors (Lipinski definition) is 2. The molecule has 0 fully saturated rings. The molecule has 0 saturated heterocycles. The number of H-pyrrole nitrogens is 1. The zero-order chi connectivity index (χ0) is 14.1. The maximum absolute atomic E-state index is 13.4. The summed E-state index contributed by atoms with van der Waals surface area (Å²) in [6.45, 7) is 1.73. The predicted octanol–water partition coefficient (Wildman–Crippen LogP) is 4.04. The Morgan fingerprint density at radius 3 is 2.60 bits per heavy atom. The van der Waals surface area contributed by atoms with Gasteiger partial charge in [0, 0.05) is 11.3 Å². The molecule has 1 aromatic heterocycles. The summed E-state index contributed by atoms with van der Waals surface area (Å²) >= 11 is 5.28. The van der Waals surface area contributed by atoms with Crippen LogP contribution in [0, 0.1) is 17.5 Å². The smallest absolute Gasteiger partial charge is 0.200 e. The van der Waals surface area contributed by atoms with Crippen molar-refractivity contribution in [3.05, 3.63) is 64.7 Å². The van der Waals surface area contributed by atoms with Gasteiger partial charge in [-0.2, -0.15) is 5.10 Å². The van der Waals surface area contributed by atoms with Crippen molar-refractivity contribution in [1.82, 2.24) is 14.8 Å². The third-order valence-corrected chi connectivity index (χ3v) is 3.38. The average molecular weight is 285 g/mol.